The lowest BCUT2D eigenvalue weighted by atomic mass is 10.0. The molecule has 0 saturated carbocycles. The van der Waals surface area contributed by atoms with E-state index in [9.17, 15) is 9.90 Å². The normalized spacial score (nSPS) is 12.3. The highest BCUT2D eigenvalue weighted by Crippen LogP contribution is 2.20. The Hall–Kier alpha value is -3.07. The van der Waals surface area contributed by atoms with E-state index in [2.05, 4.69) is 36.0 Å². The molecule has 0 aliphatic heterocycles. The Morgan fingerprint density at radius 2 is 2.04 bits per heavy atom. The van der Waals surface area contributed by atoms with Gasteiger partial charge in [-0.1, -0.05) is 43.3 Å². The van der Waals surface area contributed by atoms with Crippen LogP contribution < -0.4 is 10.6 Å². The van der Waals surface area contributed by atoms with E-state index in [0.29, 0.717) is 35.0 Å². The molecule has 0 radical (unpaired) electrons. The molecule has 1 unspecified atom stereocenters. The van der Waals surface area contributed by atoms with Crippen LogP contribution in [0.2, 0.25) is 0 Å². The number of aliphatic hydroxyl groups excluding tert-OH is 1. The first-order valence-corrected chi connectivity index (χ1v) is 8.78. The van der Waals surface area contributed by atoms with Crippen LogP contribution in [0.3, 0.4) is 0 Å². The van der Waals surface area contributed by atoms with Crippen LogP contribution in [0, 0.1) is 5.92 Å². The number of carbonyl (C=O) groups is 1. The van der Waals surface area contributed by atoms with Crippen LogP contribution in [0.1, 0.15) is 36.7 Å². The van der Waals surface area contributed by atoms with Crippen LogP contribution in [0.25, 0.3) is 11.2 Å². The molecule has 3 aromatic rings. The molecule has 0 fully saturated rings. The molecule has 0 amide bonds. The first-order valence-electron chi connectivity index (χ1n) is 8.78. The zero-order chi connectivity index (χ0) is 19.4. The largest absolute Gasteiger partial charge is 0.394 e. The number of hydrogen-bond acceptors (Lipinski definition) is 8. The molecule has 2 aromatic heterocycles. The van der Waals surface area contributed by atoms with E-state index in [1.807, 2.05) is 32.0 Å². The van der Waals surface area contributed by atoms with Gasteiger partial charge in [0.25, 0.3) is 0 Å². The van der Waals surface area contributed by atoms with Gasteiger partial charge in [-0.05, 0) is 18.4 Å². The number of carbonyl (C=O) groups excluding carboxylic acids is 1. The van der Waals surface area contributed by atoms with Crippen LogP contribution in [-0.4, -0.2) is 48.9 Å². The topological polar surface area (TPSA) is 129 Å². The van der Waals surface area contributed by atoms with Crippen molar-refractivity contribution in [2.24, 2.45) is 5.92 Å². The standard InChI is InChI=1S/C18H23N7O2/c1-10(2)14(9-26)20-18-21-16(15-17(22-18)24-25-23-15)19-8-12-6-4-5-7-13(12)11(3)27/h4-7,10,14,26H,8-9H2,1-3H3,(H3,19,20,21,22,23,24,25). The average Bonchev–Trinajstić information content (AvgIpc) is 3.12. The number of aromatic nitrogens is 5. The van der Waals surface area contributed by atoms with Crippen LogP contribution in [0.15, 0.2) is 24.3 Å². The van der Waals surface area contributed by atoms with E-state index in [1.165, 1.54) is 0 Å². The number of ketones is 1. The predicted octanol–water partition coefficient (Wildman–Crippen LogP) is 1.99. The van der Waals surface area contributed by atoms with Crippen molar-refractivity contribution in [3.8, 4) is 0 Å². The molecule has 0 saturated heterocycles. The number of aliphatic hydroxyl groups is 1. The Morgan fingerprint density at radius 3 is 2.74 bits per heavy atom. The zero-order valence-electron chi connectivity index (χ0n) is 15.5. The molecule has 9 nitrogen and oxygen atoms in total. The second kappa shape index (κ2) is 8.09. The van der Waals surface area contributed by atoms with Crippen LogP contribution in [0.4, 0.5) is 11.8 Å². The van der Waals surface area contributed by atoms with Gasteiger partial charge in [-0.25, -0.2) is 5.10 Å². The minimum atomic E-state index is -0.176. The second-order valence-corrected chi connectivity index (χ2v) is 6.65. The Balaban J connectivity index is 1.88. The number of nitrogens with one attached hydrogen (secondary N) is 3. The first-order chi connectivity index (χ1) is 13.0. The number of aromatic amines is 1. The minimum absolute atomic E-state index is 0.00625. The molecular weight excluding hydrogens is 346 g/mol. The molecule has 1 aromatic carbocycles. The van der Waals surface area contributed by atoms with Gasteiger partial charge in [0.1, 0.15) is 0 Å². The van der Waals surface area contributed by atoms with Crippen molar-refractivity contribution < 1.29 is 9.90 Å². The van der Waals surface area contributed by atoms with Crippen LogP contribution >= 0.6 is 0 Å². The number of hydrogen-bond donors (Lipinski definition) is 4. The number of fused-ring (bicyclic) bond motifs is 1. The number of Topliss-reactive ketones (excluding diaryl/α,β-unsaturated/α-hetero) is 1. The molecule has 9 heteroatoms. The Morgan fingerprint density at radius 1 is 1.26 bits per heavy atom. The Kier molecular flexibility index (Phi) is 5.60. The van der Waals surface area contributed by atoms with Crippen LogP contribution in [-0.2, 0) is 6.54 Å². The lowest BCUT2D eigenvalue weighted by Crippen LogP contribution is -2.30. The Labute approximate surface area is 156 Å². The van der Waals surface area contributed by atoms with E-state index in [-0.39, 0.29) is 24.3 Å². The lowest BCUT2D eigenvalue weighted by Gasteiger charge is -2.20. The van der Waals surface area contributed by atoms with Gasteiger partial charge in [0.05, 0.1) is 12.6 Å². The third-order valence-electron chi connectivity index (χ3n) is 4.35. The molecule has 0 bridgehead atoms. The van der Waals surface area contributed by atoms with E-state index in [0.717, 1.165) is 5.56 Å². The number of H-pyrrole nitrogens is 1. The van der Waals surface area contributed by atoms with Crippen LogP contribution in [0.5, 0.6) is 0 Å². The van der Waals surface area contributed by atoms with E-state index < -0.39 is 0 Å². The summed E-state index contributed by atoms with van der Waals surface area (Å²) in [6, 6.07) is 7.24. The molecule has 142 valence electrons. The molecule has 1 atom stereocenters. The van der Waals surface area contributed by atoms with Crippen molar-refractivity contribution >= 4 is 28.7 Å². The molecule has 27 heavy (non-hydrogen) atoms. The summed E-state index contributed by atoms with van der Waals surface area (Å²) in [5.74, 6) is 1.07. The molecule has 2 heterocycles. The quantitative estimate of drug-likeness (QED) is 0.444. The third kappa shape index (κ3) is 4.20. The lowest BCUT2D eigenvalue weighted by molar-refractivity contribution is 0.101. The number of benzene rings is 1. The molecular formula is C18H23N7O2. The maximum Gasteiger partial charge on any atom is 0.227 e. The summed E-state index contributed by atoms with van der Waals surface area (Å²) in [4.78, 5) is 20.6. The van der Waals surface area contributed by atoms with E-state index in [1.54, 1.807) is 13.0 Å². The van der Waals surface area contributed by atoms with Gasteiger partial charge in [0, 0.05) is 12.1 Å². The molecule has 0 spiro atoms. The SMILES string of the molecule is CC(=O)c1ccccc1CNc1nc(NC(CO)C(C)C)nc2[nH]nnc12. The summed E-state index contributed by atoms with van der Waals surface area (Å²) < 4.78 is 0. The fourth-order valence-corrected chi connectivity index (χ4v) is 2.72. The number of rotatable bonds is 8. The first kappa shape index (κ1) is 18.7. The van der Waals surface area contributed by atoms with Crippen molar-refractivity contribution in [1.82, 2.24) is 25.4 Å². The second-order valence-electron chi connectivity index (χ2n) is 6.65. The minimum Gasteiger partial charge on any atom is -0.394 e. The van der Waals surface area contributed by atoms with Gasteiger partial charge in [0.2, 0.25) is 5.95 Å². The summed E-state index contributed by atoms with van der Waals surface area (Å²) in [7, 11) is 0. The van der Waals surface area contributed by atoms with Crippen molar-refractivity contribution in [2.45, 2.75) is 33.4 Å². The Bertz CT molecular complexity index is 938. The molecule has 0 aliphatic carbocycles. The predicted molar refractivity (Wildman–Crippen MR) is 103 cm³/mol. The fraction of sp³-hybridized carbons (Fsp3) is 0.389. The van der Waals surface area contributed by atoms with Gasteiger partial charge >= 0.3 is 0 Å². The van der Waals surface area contributed by atoms with Gasteiger partial charge in [-0.3, -0.25) is 4.79 Å². The maximum absolute atomic E-state index is 11.8. The van der Waals surface area contributed by atoms with Gasteiger partial charge in [-0.2, -0.15) is 9.97 Å². The highest BCUT2D eigenvalue weighted by molar-refractivity contribution is 5.95. The summed E-state index contributed by atoms with van der Waals surface area (Å²) in [6.45, 7) is 5.92. The van der Waals surface area contributed by atoms with Gasteiger partial charge in [-0.15, -0.1) is 5.10 Å². The number of nitrogens with zero attached hydrogens (tertiary/aromatic N) is 4. The van der Waals surface area contributed by atoms with Crippen molar-refractivity contribution in [3.05, 3.63) is 35.4 Å². The highest BCUT2D eigenvalue weighted by Gasteiger charge is 2.17. The van der Waals surface area contributed by atoms with Gasteiger partial charge in [0.15, 0.2) is 22.8 Å². The monoisotopic (exact) mass is 369 g/mol. The van der Waals surface area contributed by atoms with E-state index >= 15 is 0 Å². The molecule has 4 N–H and O–H groups in total. The smallest absolute Gasteiger partial charge is 0.227 e. The third-order valence-corrected chi connectivity index (χ3v) is 4.35. The van der Waals surface area contributed by atoms with E-state index in [4.69, 9.17) is 0 Å². The number of anilines is 2. The maximum atomic E-state index is 11.8. The summed E-state index contributed by atoms with van der Waals surface area (Å²) in [5.41, 5.74) is 2.51. The summed E-state index contributed by atoms with van der Waals surface area (Å²) in [6.07, 6.45) is 0. The average molecular weight is 369 g/mol. The summed E-state index contributed by atoms with van der Waals surface area (Å²) >= 11 is 0. The van der Waals surface area contributed by atoms with Crippen molar-refractivity contribution in [2.75, 3.05) is 17.2 Å². The summed E-state index contributed by atoms with van der Waals surface area (Å²) in [5, 5.41) is 26.4. The van der Waals surface area contributed by atoms with Crippen molar-refractivity contribution in [3.63, 3.8) is 0 Å². The molecule has 3 rings (SSSR count). The molecule has 0 aliphatic rings. The zero-order valence-corrected chi connectivity index (χ0v) is 15.5. The fourth-order valence-electron chi connectivity index (χ4n) is 2.72. The van der Waals surface area contributed by atoms with Gasteiger partial charge < -0.3 is 15.7 Å². The van der Waals surface area contributed by atoms with Crippen molar-refractivity contribution in [1.29, 1.82) is 0 Å². The highest BCUT2D eigenvalue weighted by atomic mass is 16.3.